The van der Waals surface area contributed by atoms with E-state index in [9.17, 15) is 13.9 Å². The fourth-order valence-electron chi connectivity index (χ4n) is 2.28. The summed E-state index contributed by atoms with van der Waals surface area (Å²) < 4.78 is 32.9. The van der Waals surface area contributed by atoms with Crippen molar-refractivity contribution in [3.63, 3.8) is 0 Å². The van der Waals surface area contributed by atoms with Gasteiger partial charge in [0, 0.05) is 5.39 Å². The molecule has 1 aromatic heterocycles. The molecule has 4 heteroatoms. The summed E-state index contributed by atoms with van der Waals surface area (Å²) >= 11 is 0. The molecule has 0 spiro atoms. The first-order valence-corrected chi connectivity index (χ1v) is 6.19. The number of aryl methyl sites for hydroxylation is 1. The van der Waals surface area contributed by atoms with E-state index in [-0.39, 0.29) is 5.76 Å². The van der Waals surface area contributed by atoms with Crippen molar-refractivity contribution in [1.29, 1.82) is 0 Å². The minimum Gasteiger partial charge on any atom is -0.458 e. The normalized spacial score (nSPS) is 12.8. The Labute approximate surface area is 114 Å². The Morgan fingerprint density at radius 3 is 2.35 bits per heavy atom. The van der Waals surface area contributed by atoms with Crippen LogP contribution in [0.3, 0.4) is 0 Å². The molecule has 2 nitrogen and oxygen atoms in total. The van der Waals surface area contributed by atoms with Crippen molar-refractivity contribution >= 4 is 11.0 Å². The molecule has 1 atom stereocenters. The highest BCUT2D eigenvalue weighted by molar-refractivity contribution is 5.81. The van der Waals surface area contributed by atoms with E-state index in [2.05, 4.69) is 0 Å². The quantitative estimate of drug-likeness (QED) is 0.763. The van der Waals surface area contributed by atoms with Crippen molar-refractivity contribution in [3.8, 4) is 0 Å². The van der Waals surface area contributed by atoms with Gasteiger partial charge in [-0.05, 0) is 30.7 Å². The van der Waals surface area contributed by atoms with Crippen molar-refractivity contribution in [2.75, 3.05) is 0 Å². The maximum absolute atomic E-state index is 13.7. The van der Waals surface area contributed by atoms with E-state index in [1.807, 2.05) is 25.1 Å². The second-order valence-electron chi connectivity index (χ2n) is 4.68. The Bertz CT molecular complexity index is 757. The Kier molecular flexibility index (Phi) is 3.03. The second-order valence-corrected chi connectivity index (χ2v) is 4.68. The number of aliphatic hydroxyl groups excluding tert-OH is 1. The molecule has 0 aliphatic heterocycles. The van der Waals surface area contributed by atoms with Crippen LogP contribution >= 0.6 is 0 Å². The number of fused-ring (bicyclic) bond motifs is 1. The zero-order valence-corrected chi connectivity index (χ0v) is 10.7. The average Bonchev–Trinajstić information content (AvgIpc) is 2.84. The first kappa shape index (κ1) is 12.8. The lowest BCUT2D eigenvalue weighted by Crippen LogP contribution is -2.04. The minimum atomic E-state index is -1.47. The first-order valence-electron chi connectivity index (χ1n) is 6.19. The van der Waals surface area contributed by atoms with Crippen LogP contribution < -0.4 is 0 Å². The van der Waals surface area contributed by atoms with E-state index in [4.69, 9.17) is 4.42 Å². The molecule has 0 aliphatic rings. The fraction of sp³-hybridized carbons (Fsp3) is 0.125. The summed E-state index contributed by atoms with van der Waals surface area (Å²) in [5, 5.41) is 11.0. The van der Waals surface area contributed by atoms with Crippen molar-refractivity contribution in [2.24, 2.45) is 0 Å². The average molecular weight is 274 g/mol. The Morgan fingerprint density at radius 1 is 1.05 bits per heavy atom. The van der Waals surface area contributed by atoms with Gasteiger partial charge in [0.15, 0.2) is 0 Å². The number of furan rings is 1. The molecule has 1 heterocycles. The first-order chi connectivity index (χ1) is 9.58. The number of benzene rings is 2. The summed E-state index contributed by atoms with van der Waals surface area (Å²) in [5.41, 5.74) is 1.11. The van der Waals surface area contributed by atoms with E-state index >= 15 is 0 Å². The number of hydrogen-bond acceptors (Lipinski definition) is 2. The maximum Gasteiger partial charge on any atom is 0.142 e. The van der Waals surface area contributed by atoms with Crippen LogP contribution in [0.1, 0.15) is 23.0 Å². The Morgan fingerprint density at radius 2 is 1.70 bits per heavy atom. The number of aliphatic hydroxyl groups is 1. The summed E-state index contributed by atoms with van der Waals surface area (Å²) in [6, 6.07) is 10.6. The third-order valence-electron chi connectivity index (χ3n) is 3.30. The molecular weight excluding hydrogens is 262 g/mol. The van der Waals surface area contributed by atoms with Crippen LogP contribution in [0.2, 0.25) is 0 Å². The molecule has 20 heavy (non-hydrogen) atoms. The van der Waals surface area contributed by atoms with Gasteiger partial charge >= 0.3 is 0 Å². The molecule has 0 aliphatic carbocycles. The lowest BCUT2D eigenvalue weighted by atomic mass is 10.1. The van der Waals surface area contributed by atoms with Crippen molar-refractivity contribution in [3.05, 3.63) is 71.0 Å². The predicted octanol–water partition coefficient (Wildman–Crippen LogP) is 4.10. The standard InChI is InChI=1S/C16H12F2O2/c1-9-4-2-5-10-8-13(20-16(9)10)15(19)14-11(17)6-3-7-12(14)18/h2-8,15,19H,1H3. The zero-order valence-electron chi connectivity index (χ0n) is 10.7. The third kappa shape index (κ3) is 1.98. The van der Waals surface area contributed by atoms with Crippen LogP contribution in [0.5, 0.6) is 0 Å². The number of rotatable bonds is 2. The lowest BCUT2D eigenvalue weighted by molar-refractivity contribution is 0.182. The molecule has 0 saturated carbocycles. The highest BCUT2D eigenvalue weighted by Crippen LogP contribution is 2.31. The molecule has 0 bridgehead atoms. The third-order valence-corrected chi connectivity index (χ3v) is 3.30. The summed E-state index contributed by atoms with van der Waals surface area (Å²) in [6.45, 7) is 1.87. The topological polar surface area (TPSA) is 33.4 Å². The van der Waals surface area contributed by atoms with Gasteiger partial charge in [0.05, 0.1) is 5.56 Å². The summed E-state index contributed by atoms with van der Waals surface area (Å²) in [4.78, 5) is 0. The molecule has 1 N–H and O–H groups in total. The zero-order chi connectivity index (χ0) is 14.3. The van der Waals surface area contributed by atoms with E-state index in [0.717, 1.165) is 23.1 Å². The second kappa shape index (κ2) is 4.72. The van der Waals surface area contributed by atoms with Gasteiger partial charge in [-0.3, -0.25) is 0 Å². The van der Waals surface area contributed by atoms with Crippen LogP contribution in [0.25, 0.3) is 11.0 Å². The predicted molar refractivity (Wildman–Crippen MR) is 71.4 cm³/mol. The van der Waals surface area contributed by atoms with Crippen molar-refractivity contribution in [2.45, 2.75) is 13.0 Å². The monoisotopic (exact) mass is 274 g/mol. The summed E-state index contributed by atoms with van der Waals surface area (Å²) in [5.74, 6) is -1.47. The number of halogens is 2. The molecule has 2 aromatic carbocycles. The van der Waals surface area contributed by atoms with Gasteiger partial charge < -0.3 is 9.52 Å². The van der Waals surface area contributed by atoms with Crippen LogP contribution in [0.15, 0.2) is 46.9 Å². The van der Waals surface area contributed by atoms with Crippen LogP contribution in [0.4, 0.5) is 8.78 Å². The summed E-state index contributed by atoms with van der Waals surface area (Å²) in [7, 11) is 0. The smallest absolute Gasteiger partial charge is 0.142 e. The molecule has 0 fully saturated rings. The highest BCUT2D eigenvalue weighted by atomic mass is 19.1. The molecule has 0 radical (unpaired) electrons. The van der Waals surface area contributed by atoms with Gasteiger partial charge in [0.1, 0.15) is 29.1 Å². The van der Waals surface area contributed by atoms with Crippen molar-refractivity contribution < 1.29 is 18.3 Å². The molecular formula is C16H12F2O2. The fourth-order valence-corrected chi connectivity index (χ4v) is 2.28. The number of hydrogen-bond donors (Lipinski definition) is 1. The molecule has 3 rings (SSSR count). The van der Waals surface area contributed by atoms with Gasteiger partial charge in [-0.2, -0.15) is 0 Å². The number of para-hydroxylation sites is 1. The Hall–Kier alpha value is -2.20. The van der Waals surface area contributed by atoms with E-state index in [0.29, 0.717) is 5.58 Å². The molecule has 3 aromatic rings. The van der Waals surface area contributed by atoms with Gasteiger partial charge in [0.25, 0.3) is 0 Å². The molecule has 1 unspecified atom stereocenters. The SMILES string of the molecule is Cc1cccc2cc(C(O)c3c(F)cccc3F)oc12. The maximum atomic E-state index is 13.7. The van der Waals surface area contributed by atoms with Gasteiger partial charge in [-0.25, -0.2) is 8.78 Å². The molecule has 0 amide bonds. The van der Waals surface area contributed by atoms with Crippen LogP contribution in [-0.2, 0) is 0 Å². The van der Waals surface area contributed by atoms with E-state index in [1.54, 1.807) is 6.07 Å². The molecule has 102 valence electrons. The summed E-state index contributed by atoms with van der Waals surface area (Å²) in [6.07, 6.45) is -1.47. The molecule has 0 saturated heterocycles. The van der Waals surface area contributed by atoms with Gasteiger partial charge in [-0.15, -0.1) is 0 Å². The highest BCUT2D eigenvalue weighted by Gasteiger charge is 2.23. The van der Waals surface area contributed by atoms with E-state index < -0.39 is 23.3 Å². The van der Waals surface area contributed by atoms with Crippen LogP contribution in [-0.4, -0.2) is 5.11 Å². The van der Waals surface area contributed by atoms with Crippen LogP contribution in [0, 0.1) is 18.6 Å². The minimum absolute atomic E-state index is 0.123. The lowest BCUT2D eigenvalue weighted by Gasteiger charge is -2.10. The van der Waals surface area contributed by atoms with Gasteiger partial charge in [-0.1, -0.05) is 24.3 Å². The van der Waals surface area contributed by atoms with Gasteiger partial charge in [0.2, 0.25) is 0 Å². The van der Waals surface area contributed by atoms with Crippen molar-refractivity contribution in [1.82, 2.24) is 0 Å². The Balaban J connectivity index is 2.13. The van der Waals surface area contributed by atoms with E-state index in [1.165, 1.54) is 6.07 Å². The largest absolute Gasteiger partial charge is 0.458 e.